The van der Waals surface area contributed by atoms with Gasteiger partial charge >= 0.3 is 0 Å². The predicted octanol–water partition coefficient (Wildman–Crippen LogP) is 5.68. The second-order valence-electron chi connectivity index (χ2n) is 10.2. The Balaban J connectivity index is 1.42. The summed E-state index contributed by atoms with van der Waals surface area (Å²) in [4.78, 5) is 13.0. The first-order chi connectivity index (χ1) is 20.5. The quantitative estimate of drug-likeness (QED) is 0.217. The van der Waals surface area contributed by atoms with Crippen LogP contribution in [0, 0.1) is 0 Å². The van der Waals surface area contributed by atoms with E-state index in [1.807, 2.05) is 47.0 Å². The number of fused-ring (bicyclic) bond motifs is 1. The van der Waals surface area contributed by atoms with E-state index in [4.69, 9.17) is 4.74 Å². The molecule has 5 aromatic rings. The largest absolute Gasteiger partial charge is 0.497 e. The van der Waals surface area contributed by atoms with E-state index in [9.17, 15) is 13.2 Å². The number of nitrogens with zero attached hydrogens (tertiary/aromatic N) is 4. The van der Waals surface area contributed by atoms with Gasteiger partial charge in [-0.1, -0.05) is 67.4 Å². The molecule has 11 heteroatoms. The third-order valence-electron chi connectivity index (χ3n) is 7.49. The van der Waals surface area contributed by atoms with Crippen LogP contribution < -0.4 is 10.1 Å². The summed E-state index contributed by atoms with van der Waals surface area (Å²) >= 11 is 1.30. The Bertz CT molecular complexity index is 1810. The number of thioether (sulfide) groups is 1. The van der Waals surface area contributed by atoms with Crippen molar-refractivity contribution in [2.24, 2.45) is 0 Å². The molecule has 2 aromatic heterocycles. The molecule has 6 rings (SSSR count). The molecular weight excluding hydrogens is 571 g/mol. The van der Waals surface area contributed by atoms with E-state index < -0.39 is 10.0 Å². The van der Waals surface area contributed by atoms with Crippen molar-refractivity contribution in [1.82, 2.24) is 24.1 Å². The molecule has 1 N–H and O–H groups in total. The average Bonchev–Trinajstić information content (AvgIpc) is 3.63. The van der Waals surface area contributed by atoms with Crippen LogP contribution in [-0.4, -0.2) is 52.0 Å². The molecule has 9 nitrogen and oxygen atoms in total. The fraction of sp³-hybridized carbons (Fsp3) is 0.258. The van der Waals surface area contributed by atoms with Crippen LogP contribution in [0.4, 0.5) is 0 Å². The molecule has 42 heavy (non-hydrogen) atoms. The van der Waals surface area contributed by atoms with Gasteiger partial charge in [0, 0.05) is 28.9 Å². The van der Waals surface area contributed by atoms with Gasteiger partial charge in [0.25, 0.3) is 10.0 Å². The molecule has 1 aliphatic rings. The van der Waals surface area contributed by atoms with E-state index in [2.05, 4.69) is 15.5 Å². The maximum absolute atomic E-state index is 13.7. The Labute approximate surface area is 249 Å². The molecule has 2 heterocycles. The van der Waals surface area contributed by atoms with Gasteiger partial charge in [-0.25, -0.2) is 12.4 Å². The number of ether oxygens (including phenoxy) is 1. The minimum Gasteiger partial charge on any atom is -0.497 e. The highest BCUT2D eigenvalue weighted by atomic mass is 32.2. The van der Waals surface area contributed by atoms with Gasteiger partial charge < -0.3 is 10.1 Å². The molecule has 0 unspecified atom stereocenters. The average molecular weight is 602 g/mol. The molecule has 1 amide bonds. The zero-order valence-corrected chi connectivity index (χ0v) is 24.8. The van der Waals surface area contributed by atoms with Crippen molar-refractivity contribution in [2.45, 2.75) is 48.2 Å². The summed E-state index contributed by atoms with van der Waals surface area (Å²) in [6.07, 6.45) is 7.12. The molecular formula is C31H31N5O4S2. The van der Waals surface area contributed by atoms with Crippen LogP contribution >= 0.6 is 11.8 Å². The van der Waals surface area contributed by atoms with Gasteiger partial charge in [0.2, 0.25) is 5.91 Å². The highest BCUT2D eigenvalue weighted by molar-refractivity contribution is 7.99. The van der Waals surface area contributed by atoms with Crippen LogP contribution in [0.25, 0.3) is 28.0 Å². The minimum absolute atomic E-state index is 0.0386. The Kier molecular flexibility index (Phi) is 8.03. The minimum atomic E-state index is -3.88. The lowest BCUT2D eigenvalue weighted by atomic mass is 9.95. The summed E-state index contributed by atoms with van der Waals surface area (Å²) in [5.41, 5.74) is 1.89. The summed E-state index contributed by atoms with van der Waals surface area (Å²) in [6.45, 7) is 0. The van der Waals surface area contributed by atoms with Crippen LogP contribution in [-0.2, 0) is 14.8 Å². The van der Waals surface area contributed by atoms with Crippen molar-refractivity contribution < 1.29 is 17.9 Å². The first-order valence-electron chi connectivity index (χ1n) is 13.9. The van der Waals surface area contributed by atoms with E-state index >= 15 is 0 Å². The van der Waals surface area contributed by atoms with E-state index in [0.29, 0.717) is 33.2 Å². The number of benzene rings is 3. The number of para-hydroxylation sites is 1. The lowest BCUT2D eigenvalue weighted by Crippen LogP contribution is -2.37. The summed E-state index contributed by atoms with van der Waals surface area (Å²) in [6, 6.07) is 23.3. The first kappa shape index (κ1) is 28.0. The van der Waals surface area contributed by atoms with Crippen molar-refractivity contribution in [3.63, 3.8) is 0 Å². The van der Waals surface area contributed by atoms with Crippen molar-refractivity contribution in [3.05, 3.63) is 85.1 Å². The number of methoxy groups -OCH3 is 1. The Morgan fingerprint density at radius 3 is 2.40 bits per heavy atom. The van der Waals surface area contributed by atoms with E-state index in [1.54, 1.807) is 49.7 Å². The molecule has 1 aliphatic carbocycles. The summed E-state index contributed by atoms with van der Waals surface area (Å²) < 4.78 is 36.0. The van der Waals surface area contributed by atoms with Gasteiger partial charge in [-0.2, -0.15) is 0 Å². The lowest BCUT2D eigenvalue weighted by Gasteiger charge is -2.22. The molecule has 1 fully saturated rings. The Morgan fingerprint density at radius 2 is 1.67 bits per heavy atom. The van der Waals surface area contributed by atoms with E-state index in [0.717, 1.165) is 31.4 Å². The maximum Gasteiger partial charge on any atom is 0.268 e. The van der Waals surface area contributed by atoms with Crippen LogP contribution in [0.2, 0.25) is 0 Å². The third-order valence-corrected chi connectivity index (χ3v) is 10.1. The van der Waals surface area contributed by atoms with Crippen LogP contribution in [0.1, 0.15) is 32.1 Å². The standard InChI is InChI=1S/C31H31N5O4S2/c1-40-24-18-16-23(17-19-24)36-30(33-34-31(36)41-21-29(37)32-22-10-4-2-5-11-22)27-20-35(28-15-9-8-14-26(27)28)42(38,39)25-12-6-3-7-13-25/h3,6-9,12-20,22H,2,4-5,10-11,21H2,1H3,(H,32,37). The number of rotatable bonds is 9. The molecule has 0 aliphatic heterocycles. The fourth-order valence-corrected chi connectivity index (χ4v) is 7.53. The molecule has 0 radical (unpaired) electrons. The number of nitrogens with one attached hydrogen (secondary N) is 1. The summed E-state index contributed by atoms with van der Waals surface area (Å²) in [7, 11) is -2.28. The van der Waals surface area contributed by atoms with Crippen molar-refractivity contribution in [3.8, 4) is 22.8 Å². The second-order valence-corrected chi connectivity index (χ2v) is 13.0. The molecule has 216 valence electrons. The van der Waals surface area contributed by atoms with E-state index in [1.165, 1.54) is 22.2 Å². The van der Waals surface area contributed by atoms with Crippen LogP contribution in [0.3, 0.4) is 0 Å². The zero-order valence-electron chi connectivity index (χ0n) is 23.1. The molecule has 0 spiro atoms. The monoisotopic (exact) mass is 601 g/mol. The Hall–Kier alpha value is -4.09. The first-order valence-corrected chi connectivity index (χ1v) is 16.3. The molecule has 3 aromatic carbocycles. The van der Waals surface area contributed by atoms with E-state index in [-0.39, 0.29) is 22.6 Å². The Morgan fingerprint density at radius 1 is 0.952 bits per heavy atom. The predicted molar refractivity (Wildman–Crippen MR) is 164 cm³/mol. The van der Waals surface area contributed by atoms with Crippen LogP contribution in [0.15, 0.2) is 95.1 Å². The number of amides is 1. The highest BCUT2D eigenvalue weighted by Crippen LogP contribution is 2.35. The van der Waals surface area contributed by atoms with Gasteiger partial charge in [-0.05, 0) is 55.3 Å². The molecule has 0 saturated heterocycles. The van der Waals surface area contributed by atoms with Gasteiger partial charge in [0.1, 0.15) is 5.75 Å². The smallest absolute Gasteiger partial charge is 0.268 e. The zero-order chi connectivity index (χ0) is 29.1. The van der Waals surface area contributed by atoms with Gasteiger partial charge in [0.15, 0.2) is 11.0 Å². The SMILES string of the molecule is COc1ccc(-n2c(SCC(=O)NC3CCCCC3)nnc2-c2cn(S(=O)(=O)c3ccccc3)c3ccccc23)cc1. The molecule has 1 saturated carbocycles. The number of aromatic nitrogens is 4. The van der Waals surface area contributed by atoms with Gasteiger partial charge in [-0.3, -0.25) is 9.36 Å². The third kappa shape index (κ3) is 5.54. The molecule has 0 bridgehead atoms. The number of carbonyl (C=O) groups is 1. The number of carbonyl (C=O) groups excluding carboxylic acids is 1. The number of hydrogen-bond donors (Lipinski definition) is 1. The highest BCUT2D eigenvalue weighted by Gasteiger charge is 2.26. The fourth-order valence-electron chi connectivity index (χ4n) is 5.38. The van der Waals surface area contributed by atoms with Crippen molar-refractivity contribution in [1.29, 1.82) is 0 Å². The summed E-state index contributed by atoms with van der Waals surface area (Å²) in [5, 5.41) is 13.4. The van der Waals surface area contributed by atoms with Crippen LogP contribution in [0.5, 0.6) is 5.75 Å². The molecule has 0 atom stereocenters. The normalized spacial score (nSPS) is 14.2. The van der Waals surface area contributed by atoms with Gasteiger partial charge in [0.05, 0.1) is 23.3 Å². The second kappa shape index (κ2) is 12.0. The number of hydrogen-bond acceptors (Lipinski definition) is 7. The van der Waals surface area contributed by atoms with Crippen molar-refractivity contribution >= 4 is 38.6 Å². The topological polar surface area (TPSA) is 108 Å². The maximum atomic E-state index is 13.7. The summed E-state index contributed by atoms with van der Waals surface area (Å²) in [5.74, 6) is 1.31. The van der Waals surface area contributed by atoms with Gasteiger partial charge in [-0.15, -0.1) is 10.2 Å². The lowest BCUT2D eigenvalue weighted by molar-refractivity contribution is -0.119. The van der Waals surface area contributed by atoms with Crippen molar-refractivity contribution in [2.75, 3.05) is 12.9 Å².